The molecule has 104 valence electrons. The van der Waals surface area contributed by atoms with Gasteiger partial charge in [-0.3, -0.25) is 0 Å². The predicted molar refractivity (Wildman–Crippen MR) is 56.8 cm³/mol. The molecule has 0 aliphatic rings. The van der Waals surface area contributed by atoms with Crippen molar-refractivity contribution in [2.75, 3.05) is 13.2 Å². The largest absolute Gasteiger partial charge is 0.394 e. The molecule has 0 heterocycles. The van der Waals surface area contributed by atoms with Gasteiger partial charge in [0.15, 0.2) is 0 Å². The Hall–Kier alpha value is -0.320. The average Bonchev–Trinajstić information content (AvgIpc) is 2.34. The van der Waals surface area contributed by atoms with E-state index in [9.17, 15) is 15.3 Å². The van der Waals surface area contributed by atoms with E-state index in [1.165, 1.54) is 0 Å². The van der Waals surface area contributed by atoms with Crippen LogP contribution >= 0.6 is 0 Å². The van der Waals surface area contributed by atoms with Gasteiger partial charge in [-0.1, -0.05) is 0 Å². The molecule has 2 unspecified atom stereocenters. The lowest BCUT2D eigenvalue weighted by Gasteiger charge is -2.29. The maximum absolute atomic E-state index is 9.52. The third-order valence-electron chi connectivity index (χ3n) is 2.47. The molecule has 0 aliphatic carbocycles. The van der Waals surface area contributed by atoms with Gasteiger partial charge >= 0.3 is 0 Å². The summed E-state index contributed by atoms with van der Waals surface area (Å²) in [4.78, 5) is 0. The van der Waals surface area contributed by atoms with Crippen molar-refractivity contribution in [2.45, 2.75) is 43.0 Å². The Labute approximate surface area is 98.6 Å². The lowest BCUT2D eigenvalue weighted by molar-refractivity contribution is -0.121. The van der Waals surface area contributed by atoms with Crippen molar-refractivity contribution in [1.29, 1.82) is 0 Å². The summed E-state index contributed by atoms with van der Waals surface area (Å²) in [7, 11) is 0. The molecule has 0 fully saturated rings. The van der Waals surface area contributed by atoms with Gasteiger partial charge in [-0.25, -0.2) is 0 Å². The highest BCUT2D eigenvalue weighted by Crippen LogP contribution is 2.10. The molecule has 0 radical (unpaired) electrons. The molecule has 0 aromatic rings. The smallest absolute Gasteiger partial charge is 0.111 e. The lowest BCUT2D eigenvalue weighted by Crippen LogP contribution is -2.53. The zero-order valence-electron chi connectivity index (χ0n) is 9.29. The van der Waals surface area contributed by atoms with Gasteiger partial charge in [-0.15, -0.1) is 0 Å². The molecule has 17 heavy (non-hydrogen) atoms. The first-order valence-electron chi connectivity index (χ1n) is 5.22. The fourth-order valence-electron chi connectivity index (χ4n) is 1.32. The fourth-order valence-corrected chi connectivity index (χ4v) is 1.32. The summed E-state index contributed by atoms with van der Waals surface area (Å²) in [5.74, 6) is 0. The molecule has 9 N–H and O–H groups in total. The van der Waals surface area contributed by atoms with E-state index < -0.39 is 49.8 Å². The van der Waals surface area contributed by atoms with E-state index in [-0.39, 0.29) is 6.42 Å². The quantitative estimate of drug-likeness (QED) is 0.215. The minimum atomic E-state index is -1.77. The number of hydrogen-bond donors (Lipinski definition) is 8. The highest BCUT2D eigenvalue weighted by molar-refractivity contribution is 4.87. The SMILES string of the molecule is NC(CC(O)CO)[C@H](O)[C@@H](O)[C@@H](O)[C@H](O)CO. The van der Waals surface area contributed by atoms with Crippen LogP contribution in [-0.2, 0) is 0 Å². The third kappa shape index (κ3) is 5.23. The van der Waals surface area contributed by atoms with E-state index in [4.69, 9.17) is 26.2 Å². The van der Waals surface area contributed by atoms with E-state index >= 15 is 0 Å². The van der Waals surface area contributed by atoms with Gasteiger partial charge in [0, 0.05) is 6.04 Å². The second-order valence-electron chi connectivity index (χ2n) is 3.96. The van der Waals surface area contributed by atoms with Crippen LogP contribution < -0.4 is 5.73 Å². The lowest BCUT2D eigenvalue weighted by atomic mass is 9.95. The highest BCUT2D eigenvalue weighted by Gasteiger charge is 2.33. The second-order valence-corrected chi connectivity index (χ2v) is 3.96. The Morgan fingerprint density at radius 2 is 1.29 bits per heavy atom. The summed E-state index contributed by atoms with van der Waals surface area (Å²) in [6.45, 7) is -1.32. The minimum Gasteiger partial charge on any atom is -0.394 e. The molecule has 0 aromatic heterocycles. The van der Waals surface area contributed by atoms with Crippen molar-refractivity contribution in [3.63, 3.8) is 0 Å². The zero-order valence-corrected chi connectivity index (χ0v) is 9.29. The molecule has 8 nitrogen and oxygen atoms in total. The van der Waals surface area contributed by atoms with E-state index in [1.807, 2.05) is 0 Å². The van der Waals surface area contributed by atoms with Crippen molar-refractivity contribution < 1.29 is 35.7 Å². The van der Waals surface area contributed by atoms with Crippen LogP contribution in [0.2, 0.25) is 0 Å². The molecule has 0 aliphatic heterocycles. The molecular formula is C9H21NO7. The van der Waals surface area contributed by atoms with Crippen molar-refractivity contribution >= 4 is 0 Å². The summed E-state index contributed by atoms with van der Waals surface area (Å²) >= 11 is 0. The maximum atomic E-state index is 9.52. The number of aliphatic hydroxyl groups is 7. The average molecular weight is 255 g/mol. The first-order chi connectivity index (χ1) is 7.84. The number of nitrogens with two attached hydrogens (primary N) is 1. The molecule has 8 heteroatoms. The molecule has 0 aromatic carbocycles. The zero-order chi connectivity index (χ0) is 13.6. The van der Waals surface area contributed by atoms with Crippen molar-refractivity contribution in [2.24, 2.45) is 5.73 Å². The van der Waals surface area contributed by atoms with Gasteiger partial charge in [0.05, 0.1) is 25.4 Å². The summed E-state index contributed by atoms with van der Waals surface area (Å²) in [6, 6.07) is -1.09. The first kappa shape index (κ1) is 16.7. The number of hydrogen-bond acceptors (Lipinski definition) is 8. The molecule has 0 saturated heterocycles. The van der Waals surface area contributed by atoms with Crippen LogP contribution in [0.3, 0.4) is 0 Å². The first-order valence-corrected chi connectivity index (χ1v) is 5.22. The monoisotopic (exact) mass is 255 g/mol. The Morgan fingerprint density at radius 1 is 0.765 bits per heavy atom. The summed E-state index contributed by atoms with van der Waals surface area (Å²) in [5.41, 5.74) is 5.44. The van der Waals surface area contributed by atoms with Crippen LogP contribution in [0.15, 0.2) is 0 Å². The Balaban J connectivity index is 4.32. The van der Waals surface area contributed by atoms with Crippen LogP contribution in [0.4, 0.5) is 0 Å². The number of rotatable bonds is 8. The fraction of sp³-hybridized carbons (Fsp3) is 1.00. The van der Waals surface area contributed by atoms with Crippen LogP contribution in [0.5, 0.6) is 0 Å². The molecule has 0 spiro atoms. The van der Waals surface area contributed by atoms with Gasteiger partial charge in [-0.05, 0) is 6.42 Å². The highest BCUT2D eigenvalue weighted by atomic mass is 16.4. The predicted octanol–water partition coefficient (Wildman–Crippen LogP) is -4.51. The van der Waals surface area contributed by atoms with Crippen LogP contribution in [0.25, 0.3) is 0 Å². The van der Waals surface area contributed by atoms with Gasteiger partial charge in [-0.2, -0.15) is 0 Å². The van der Waals surface area contributed by atoms with Crippen molar-refractivity contribution in [1.82, 2.24) is 0 Å². The van der Waals surface area contributed by atoms with E-state index in [0.717, 1.165) is 0 Å². The molecule has 0 rings (SSSR count). The molecule has 6 atom stereocenters. The normalized spacial score (nSPS) is 22.6. The standard InChI is InChI=1S/C9H21NO7/c10-5(1-4(13)2-11)7(15)9(17)8(16)6(14)3-12/h4-9,11-17H,1-3,10H2/t4?,5?,6-,7+,8+,9-/m1/s1. The Kier molecular flexibility index (Phi) is 7.75. The molecule has 0 amide bonds. The van der Waals surface area contributed by atoms with Gasteiger partial charge in [0.25, 0.3) is 0 Å². The van der Waals surface area contributed by atoms with Crippen LogP contribution in [0, 0.1) is 0 Å². The molecular weight excluding hydrogens is 234 g/mol. The van der Waals surface area contributed by atoms with E-state index in [2.05, 4.69) is 0 Å². The summed E-state index contributed by atoms with van der Waals surface area (Å²) in [6.07, 6.45) is -8.06. The number of aliphatic hydroxyl groups excluding tert-OH is 7. The summed E-state index contributed by atoms with van der Waals surface area (Å²) in [5, 5.41) is 63.5. The van der Waals surface area contributed by atoms with Crippen LogP contribution in [-0.4, -0.2) is 85.5 Å². The van der Waals surface area contributed by atoms with Gasteiger partial charge in [0.1, 0.15) is 18.3 Å². The third-order valence-corrected chi connectivity index (χ3v) is 2.47. The molecule has 0 bridgehead atoms. The Bertz CT molecular complexity index is 206. The molecule has 0 saturated carbocycles. The van der Waals surface area contributed by atoms with Crippen molar-refractivity contribution in [3.8, 4) is 0 Å². The van der Waals surface area contributed by atoms with E-state index in [0.29, 0.717) is 0 Å². The van der Waals surface area contributed by atoms with Crippen molar-refractivity contribution in [3.05, 3.63) is 0 Å². The topological polar surface area (TPSA) is 168 Å². The minimum absolute atomic E-state index is 0.184. The van der Waals surface area contributed by atoms with Crippen LogP contribution in [0.1, 0.15) is 6.42 Å². The summed E-state index contributed by atoms with van der Waals surface area (Å²) < 4.78 is 0. The van der Waals surface area contributed by atoms with Gasteiger partial charge < -0.3 is 41.5 Å². The van der Waals surface area contributed by atoms with Gasteiger partial charge in [0.2, 0.25) is 0 Å². The maximum Gasteiger partial charge on any atom is 0.111 e. The van der Waals surface area contributed by atoms with E-state index in [1.54, 1.807) is 0 Å². The Morgan fingerprint density at radius 3 is 1.71 bits per heavy atom. The second kappa shape index (κ2) is 7.90.